The fourth-order valence-corrected chi connectivity index (χ4v) is 14.4. The number of phosphoric acid groups is 2. The van der Waals surface area contributed by atoms with E-state index in [-0.39, 0.29) is 25.7 Å². The molecule has 0 aliphatic heterocycles. The minimum Gasteiger partial charge on any atom is -0.462 e. The summed E-state index contributed by atoms with van der Waals surface area (Å²) in [5, 5.41) is 10.7. The smallest absolute Gasteiger partial charge is 0.462 e. The number of esters is 4. The van der Waals surface area contributed by atoms with Gasteiger partial charge in [0, 0.05) is 25.7 Å². The molecule has 0 spiro atoms. The third-order valence-corrected chi connectivity index (χ3v) is 21.3. The van der Waals surface area contributed by atoms with Crippen LogP contribution in [0.15, 0.2) is 0 Å². The summed E-state index contributed by atoms with van der Waals surface area (Å²) in [6.07, 6.45) is 62.6. The van der Waals surface area contributed by atoms with Crippen LogP contribution in [-0.2, 0) is 65.4 Å². The predicted molar refractivity (Wildman–Crippen MR) is 418 cm³/mol. The largest absolute Gasteiger partial charge is 0.472 e. The Morgan fingerprint density at radius 2 is 0.451 bits per heavy atom. The molecule has 0 rings (SSSR count). The van der Waals surface area contributed by atoms with Crippen molar-refractivity contribution in [1.82, 2.24) is 0 Å². The highest BCUT2D eigenvalue weighted by Gasteiger charge is 2.30. The molecule has 5 atom stereocenters. The molecule has 0 aromatic rings. The molecular weight excluding hydrogens is 1330 g/mol. The van der Waals surface area contributed by atoms with E-state index in [1.54, 1.807) is 0 Å². The molecule has 0 aliphatic rings. The summed E-state index contributed by atoms with van der Waals surface area (Å²) in [7, 11) is -9.92. The summed E-state index contributed by atoms with van der Waals surface area (Å²) in [4.78, 5) is 73.1. The van der Waals surface area contributed by atoms with Crippen molar-refractivity contribution in [2.75, 3.05) is 39.6 Å². The van der Waals surface area contributed by atoms with Gasteiger partial charge in [0.15, 0.2) is 12.2 Å². The zero-order chi connectivity index (χ0) is 75.1. The molecule has 0 amide bonds. The normalized spacial score (nSPS) is 13.9. The molecule has 0 saturated carbocycles. The van der Waals surface area contributed by atoms with Gasteiger partial charge < -0.3 is 33.8 Å². The van der Waals surface area contributed by atoms with Crippen molar-refractivity contribution in [1.29, 1.82) is 0 Å². The van der Waals surface area contributed by atoms with Gasteiger partial charge in [0.25, 0.3) is 0 Å². The van der Waals surface area contributed by atoms with Gasteiger partial charge in [-0.2, -0.15) is 0 Å². The van der Waals surface area contributed by atoms with Gasteiger partial charge in [-0.05, 0) is 43.4 Å². The molecule has 102 heavy (non-hydrogen) atoms. The molecule has 3 N–H and O–H groups in total. The van der Waals surface area contributed by atoms with Crippen molar-refractivity contribution < 1.29 is 80.2 Å². The first-order valence-corrected chi connectivity index (χ1v) is 45.8. The number of rotatable bonds is 81. The van der Waals surface area contributed by atoms with Crippen LogP contribution in [0.4, 0.5) is 0 Å². The predicted octanol–water partition coefficient (Wildman–Crippen LogP) is 24.9. The molecule has 0 fully saturated rings. The number of aliphatic hydroxyl groups is 1. The molecule has 0 saturated heterocycles. The van der Waals surface area contributed by atoms with E-state index in [1.165, 1.54) is 238 Å². The van der Waals surface area contributed by atoms with Gasteiger partial charge in [-0.25, -0.2) is 9.13 Å². The third kappa shape index (κ3) is 76.3. The highest BCUT2D eigenvalue weighted by molar-refractivity contribution is 7.47. The first kappa shape index (κ1) is 100. The maximum atomic E-state index is 13.1. The number of carbonyl (C=O) groups excluding carboxylic acids is 4. The summed E-state index contributed by atoms with van der Waals surface area (Å²) in [6, 6.07) is 0. The maximum absolute atomic E-state index is 13.1. The highest BCUT2D eigenvalue weighted by atomic mass is 31.2. The Bertz CT molecular complexity index is 1970. The number of aliphatic hydroxyl groups excluding tert-OH is 1. The molecule has 0 radical (unpaired) electrons. The number of hydrogen-bond acceptors (Lipinski definition) is 15. The van der Waals surface area contributed by atoms with Crippen molar-refractivity contribution in [2.45, 2.75) is 452 Å². The topological polar surface area (TPSA) is 237 Å². The van der Waals surface area contributed by atoms with Gasteiger partial charge in [0.05, 0.1) is 26.4 Å². The van der Waals surface area contributed by atoms with Crippen LogP contribution in [0.3, 0.4) is 0 Å². The SMILES string of the molecule is CCCCCCCCCCCCCCCCCCCCC(=O)OC[C@H](COP(=O)(O)OC[C@@H](O)COP(=O)(O)OC[C@@H](COC(=O)CCCCCCCCC(C)C)OC(=O)CCCCCCCCCCCCCCCCC(C)C)OC(=O)CCCCCCCCCCCCCCCCCC(C)C. The average Bonchev–Trinajstić information content (AvgIpc) is 0.910. The van der Waals surface area contributed by atoms with Gasteiger partial charge >= 0.3 is 39.5 Å². The molecule has 0 aromatic heterocycles. The Morgan fingerprint density at radius 1 is 0.265 bits per heavy atom. The van der Waals surface area contributed by atoms with Crippen LogP contribution < -0.4 is 0 Å². The molecule has 0 aromatic carbocycles. The number of hydrogen-bond donors (Lipinski definition) is 3. The van der Waals surface area contributed by atoms with E-state index in [1.807, 2.05) is 0 Å². The maximum Gasteiger partial charge on any atom is 0.472 e. The van der Waals surface area contributed by atoms with E-state index in [9.17, 15) is 43.2 Å². The van der Waals surface area contributed by atoms with Crippen molar-refractivity contribution >= 4 is 39.5 Å². The number of carbonyl (C=O) groups is 4. The van der Waals surface area contributed by atoms with E-state index in [2.05, 4.69) is 48.5 Å². The van der Waals surface area contributed by atoms with E-state index in [0.29, 0.717) is 31.6 Å². The summed E-state index contributed by atoms with van der Waals surface area (Å²) in [6.45, 7) is 11.9. The molecular formula is C83H162O17P2. The summed E-state index contributed by atoms with van der Waals surface area (Å²) in [5.41, 5.74) is 0. The lowest BCUT2D eigenvalue weighted by atomic mass is 10.0. The van der Waals surface area contributed by atoms with Gasteiger partial charge in [-0.3, -0.25) is 37.3 Å². The van der Waals surface area contributed by atoms with E-state index in [0.717, 1.165) is 108 Å². The lowest BCUT2D eigenvalue weighted by molar-refractivity contribution is -0.161. The Balaban J connectivity index is 5.22. The molecule has 0 aliphatic carbocycles. The Morgan fingerprint density at radius 3 is 0.667 bits per heavy atom. The van der Waals surface area contributed by atoms with Gasteiger partial charge in [-0.1, -0.05) is 382 Å². The molecule has 0 bridgehead atoms. The minimum absolute atomic E-state index is 0.106. The third-order valence-electron chi connectivity index (χ3n) is 19.4. The fourth-order valence-electron chi connectivity index (χ4n) is 12.8. The summed E-state index contributed by atoms with van der Waals surface area (Å²) < 4.78 is 68.8. The summed E-state index contributed by atoms with van der Waals surface area (Å²) >= 11 is 0. The van der Waals surface area contributed by atoms with E-state index < -0.39 is 97.5 Å². The lowest BCUT2D eigenvalue weighted by Gasteiger charge is -2.21. The minimum atomic E-state index is -4.96. The van der Waals surface area contributed by atoms with Crippen LogP contribution in [0.2, 0.25) is 0 Å². The first-order chi connectivity index (χ1) is 49.2. The zero-order valence-corrected chi connectivity index (χ0v) is 68.9. The van der Waals surface area contributed by atoms with E-state index >= 15 is 0 Å². The van der Waals surface area contributed by atoms with Crippen molar-refractivity contribution in [3.63, 3.8) is 0 Å². The monoisotopic (exact) mass is 1490 g/mol. The first-order valence-electron chi connectivity index (χ1n) is 42.8. The lowest BCUT2D eigenvalue weighted by Crippen LogP contribution is -2.30. The number of ether oxygens (including phenoxy) is 4. The van der Waals surface area contributed by atoms with Crippen LogP contribution in [0.1, 0.15) is 434 Å². The molecule has 17 nitrogen and oxygen atoms in total. The van der Waals surface area contributed by atoms with Crippen molar-refractivity contribution in [2.24, 2.45) is 17.8 Å². The standard InChI is InChI=1S/C83H162O17P2/c1-8-9-10-11-12-13-14-15-16-17-18-21-27-32-37-42-50-57-64-80(85)93-70-78(99-82(87)66-59-52-43-38-33-28-22-19-20-25-30-35-40-47-54-61-74(2)3)72-97-101(89,90)95-68-77(84)69-96-102(91,92)98-73-79(71-94-81(86)65-58-51-46-45-49-56-63-76(6)7)100-83(88)67-60-53-44-39-34-29-24-23-26-31-36-41-48-55-62-75(4)5/h74-79,84H,8-73H2,1-7H3,(H,89,90)(H,91,92)/t77-,78-,79-/m1/s1. The van der Waals surface area contributed by atoms with Gasteiger partial charge in [0.2, 0.25) is 0 Å². The van der Waals surface area contributed by atoms with Crippen molar-refractivity contribution in [3.05, 3.63) is 0 Å². The highest BCUT2D eigenvalue weighted by Crippen LogP contribution is 2.45. The van der Waals surface area contributed by atoms with Crippen LogP contribution in [0, 0.1) is 17.8 Å². The molecule has 2 unspecified atom stereocenters. The van der Waals surface area contributed by atoms with Gasteiger partial charge in [-0.15, -0.1) is 0 Å². The Hall–Kier alpha value is -1.94. The second kappa shape index (κ2) is 73.2. The van der Waals surface area contributed by atoms with Crippen LogP contribution >= 0.6 is 15.6 Å². The molecule has 606 valence electrons. The Labute approximate surface area is 626 Å². The molecule has 19 heteroatoms. The zero-order valence-electron chi connectivity index (χ0n) is 67.1. The molecule has 0 heterocycles. The van der Waals surface area contributed by atoms with Crippen LogP contribution in [-0.4, -0.2) is 96.7 Å². The van der Waals surface area contributed by atoms with Crippen LogP contribution in [0.25, 0.3) is 0 Å². The Kier molecular flexibility index (Phi) is 71.8. The second-order valence-electron chi connectivity index (χ2n) is 31.3. The van der Waals surface area contributed by atoms with E-state index in [4.69, 9.17) is 37.0 Å². The van der Waals surface area contributed by atoms with Crippen molar-refractivity contribution in [3.8, 4) is 0 Å². The number of phosphoric ester groups is 2. The average molecular weight is 1490 g/mol. The quantitative estimate of drug-likeness (QED) is 0.0222. The van der Waals surface area contributed by atoms with Gasteiger partial charge in [0.1, 0.15) is 19.3 Å². The number of unbranched alkanes of at least 4 members (excludes halogenated alkanes) is 49. The summed E-state index contributed by atoms with van der Waals surface area (Å²) in [5.74, 6) is 0.167. The second-order valence-corrected chi connectivity index (χ2v) is 34.2. The fraction of sp³-hybridized carbons (Fsp3) is 0.952. The van der Waals surface area contributed by atoms with Crippen LogP contribution in [0.5, 0.6) is 0 Å².